The van der Waals surface area contributed by atoms with Crippen molar-refractivity contribution in [2.75, 3.05) is 25.8 Å². The quantitative estimate of drug-likeness (QED) is 0.254. The Bertz CT molecular complexity index is 1680. The number of anilines is 1. The molecule has 2 aromatic carbocycles. The fourth-order valence-electron chi connectivity index (χ4n) is 3.85. The van der Waals surface area contributed by atoms with E-state index in [2.05, 4.69) is 15.5 Å². The van der Waals surface area contributed by atoms with Crippen LogP contribution in [-0.4, -0.2) is 51.1 Å². The van der Waals surface area contributed by atoms with Gasteiger partial charge in [0, 0.05) is 29.3 Å². The van der Waals surface area contributed by atoms with Gasteiger partial charge in [0.25, 0.3) is 16.0 Å². The van der Waals surface area contributed by atoms with E-state index in [1.54, 1.807) is 30.5 Å². The summed E-state index contributed by atoms with van der Waals surface area (Å²) in [6.45, 7) is 1.82. The molecule has 218 valence electrons. The molecule has 0 fully saturated rings. The summed E-state index contributed by atoms with van der Waals surface area (Å²) in [6.07, 6.45) is -3.89. The number of carbonyl (C=O) groups is 1. The molecule has 1 amide bonds. The monoisotopic (exact) mass is 593 g/mol. The maximum absolute atomic E-state index is 13.4. The summed E-state index contributed by atoms with van der Waals surface area (Å²) in [6, 6.07) is 12.6. The molecule has 4 rings (SSSR count). The summed E-state index contributed by atoms with van der Waals surface area (Å²) in [5.41, 5.74) is -0.561. The van der Waals surface area contributed by atoms with Crippen molar-refractivity contribution in [2.45, 2.75) is 31.5 Å². The van der Waals surface area contributed by atoms with Crippen LogP contribution >= 0.6 is 0 Å². The molecule has 2 aromatic heterocycles. The third-order valence-electron chi connectivity index (χ3n) is 6.35. The molecule has 0 aliphatic heterocycles. The largest absolute Gasteiger partial charge is 0.493 e. The zero-order chi connectivity index (χ0) is 30.2. The molecule has 2 heterocycles. The number of benzene rings is 2. The van der Waals surface area contributed by atoms with Crippen LogP contribution in [0, 0.1) is 0 Å². The van der Waals surface area contributed by atoms with Crippen molar-refractivity contribution in [3.63, 3.8) is 0 Å². The molecule has 0 spiro atoms. The number of rotatable bonds is 9. The number of hydrogen-bond donors (Lipinski definition) is 1. The van der Waals surface area contributed by atoms with Gasteiger partial charge >= 0.3 is 6.18 Å². The van der Waals surface area contributed by atoms with E-state index in [1.807, 2.05) is 6.07 Å². The highest BCUT2D eigenvalue weighted by molar-refractivity contribution is 7.86. The molecular formula is C27H26F3N3O7S. The van der Waals surface area contributed by atoms with E-state index >= 15 is 0 Å². The van der Waals surface area contributed by atoms with Crippen LogP contribution in [-0.2, 0) is 24.5 Å². The van der Waals surface area contributed by atoms with Crippen LogP contribution in [0.3, 0.4) is 0 Å². The Morgan fingerprint density at radius 3 is 2.20 bits per heavy atom. The van der Waals surface area contributed by atoms with E-state index in [1.165, 1.54) is 26.4 Å². The molecule has 1 atom stereocenters. The predicted octanol–water partition coefficient (Wildman–Crippen LogP) is 5.40. The van der Waals surface area contributed by atoms with Crippen LogP contribution in [0.25, 0.3) is 22.0 Å². The van der Waals surface area contributed by atoms with Crippen LogP contribution in [0.1, 0.15) is 31.2 Å². The summed E-state index contributed by atoms with van der Waals surface area (Å²) in [4.78, 5) is 17.5. The van der Waals surface area contributed by atoms with E-state index in [0.717, 1.165) is 37.1 Å². The maximum atomic E-state index is 13.4. The zero-order valence-corrected chi connectivity index (χ0v) is 23.4. The number of aromatic nitrogens is 2. The number of nitrogens with one attached hydrogen (secondary N) is 1. The molecule has 1 unspecified atom stereocenters. The van der Waals surface area contributed by atoms with Gasteiger partial charge in [-0.05, 0) is 37.1 Å². The van der Waals surface area contributed by atoms with Crippen molar-refractivity contribution in [1.82, 2.24) is 10.1 Å². The summed E-state index contributed by atoms with van der Waals surface area (Å²) in [7, 11) is -1.08. The number of nitrogens with zero attached hydrogens (tertiary/aromatic N) is 2. The van der Waals surface area contributed by atoms with Gasteiger partial charge in [-0.15, -0.1) is 0 Å². The predicted molar refractivity (Wildman–Crippen MR) is 143 cm³/mol. The van der Waals surface area contributed by atoms with Gasteiger partial charge in [0.2, 0.25) is 5.88 Å². The first-order chi connectivity index (χ1) is 19.1. The Kier molecular flexibility index (Phi) is 8.00. The fraction of sp³-hybridized carbons (Fsp3) is 0.296. The third kappa shape index (κ3) is 6.43. The Labute approximate surface area is 233 Å². The fourth-order valence-corrected chi connectivity index (χ4v) is 4.40. The Balaban J connectivity index is 1.61. The molecule has 0 saturated carbocycles. The average molecular weight is 594 g/mol. The smallest absolute Gasteiger partial charge is 0.399 e. The van der Waals surface area contributed by atoms with Crippen LogP contribution < -0.4 is 14.8 Å². The molecule has 0 aliphatic rings. The minimum Gasteiger partial charge on any atom is -0.493 e. The van der Waals surface area contributed by atoms with Gasteiger partial charge < -0.3 is 14.0 Å². The van der Waals surface area contributed by atoms with Gasteiger partial charge in [-0.2, -0.15) is 21.6 Å². The lowest BCUT2D eigenvalue weighted by atomic mass is 9.89. The summed E-state index contributed by atoms with van der Waals surface area (Å²) in [5, 5.41) is 6.43. The van der Waals surface area contributed by atoms with Crippen molar-refractivity contribution in [2.24, 2.45) is 0 Å². The van der Waals surface area contributed by atoms with Gasteiger partial charge in [-0.25, -0.2) is 0 Å². The van der Waals surface area contributed by atoms with Gasteiger partial charge in [0.15, 0.2) is 17.6 Å². The second kappa shape index (κ2) is 11.0. The van der Waals surface area contributed by atoms with Crippen LogP contribution in [0.15, 0.2) is 59.3 Å². The number of pyridine rings is 1. The first-order valence-corrected chi connectivity index (χ1v) is 13.8. The highest BCUT2D eigenvalue weighted by Crippen LogP contribution is 2.40. The Morgan fingerprint density at radius 2 is 1.61 bits per heavy atom. The number of ether oxygens (including phenoxy) is 2. The lowest BCUT2D eigenvalue weighted by molar-refractivity contribution is -0.181. The van der Waals surface area contributed by atoms with Crippen molar-refractivity contribution < 1.29 is 44.6 Å². The number of alkyl halides is 3. The zero-order valence-electron chi connectivity index (χ0n) is 22.6. The molecule has 0 saturated heterocycles. The van der Waals surface area contributed by atoms with Crippen LogP contribution in [0.5, 0.6) is 11.5 Å². The summed E-state index contributed by atoms with van der Waals surface area (Å²) in [5.74, 6) is -0.341. The summed E-state index contributed by atoms with van der Waals surface area (Å²) < 4.78 is 84.5. The Hall–Kier alpha value is -4.17. The molecular weight excluding hydrogens is 567 g/mol. The van der Waals surface area contributed by atoms with Gasteiger partial charge in [-0.3, -0.25) is 19.3 Å². The van der Waals surface area contributed by atoms with Gasteiger partial charge in [0.1, 0.15) is 11.1 Å². The van der Waals surface area contributed by atoms with Crippen molar-refractivity contribution >= 4 is 32.8 Å². The van der Waals surface area contributed by atoms with E-state index in [-0.39, 0.29) is 5.56 Å². The van der Waals surface area contributed by atoms with Crippen LogP contribution in [0.2, 0.25) is 0 Å². The highest BCUT2D eigenvalue weighted by atomic mass is 32.2. The second-order valence-corrected chi connectivity index (χ2v) is 11.2. The highest BCUT2D eigenvalue weighted by Gasteiger charge is 2.50. The van der Waals surface area contributed by atoms with E-state index in [0.29, 0.717) is 22.6 Å². The molecule has 0 radical (unpaired) electrons. The third-order valence-corrected chi connectivity index (χ3v) is 6.89. The number of methoxy groups -OCH3 is 2. The maximum Gasteiger partial charge on any atom is 0.399 e. The van der Waals surface area contributed by atoms with Crippen molar-refractivity contribution in [1.29, 1.82) is 0 Å². The van der Waals surface area contributed by atoms with E-state index < -0.39 is 45.3 Å². The lowest BCUT2D eigenvalue weighted by Gasteiger charge is -2.24. The number of halogens is 3. The van der Waals surface area contributed by atoms with E-state index in [9.17, 15) is 26.4 Å². The average Bonchev–Trinajstić information content (AvgIpc) is 3.38. The van der Waals surface area contributed by atoms with E-state index in [4.69, 9.17) is 18.2 Å². The number of amides is 1. The first-order valence-electron chi connectivity index (χ1n) is 12.0. The molecule has 14 heteroatoms. The first kappa shape index (κ1) is 29.8. The summed E-state index contributed by atoms with van der Waals surface area (Å²) >= 11 is 0. The van der Waals surface area contributed by atoms with Crippen molar-refractivity contribution in [3.05, 3.63) is 66.0 Å². The standard InChI is InChI=1S/C27H26F3N3O7S/c1-26(2,27(28,29)30)22-13-23(39-33-22)32-25(34)24(40-41(5,35)36)16-8-6-15(7-9-16)18-10-17-11-20(37-3)21(38-4)12-19(17)31-14-18/h6-14,24H,1-5H3,(H,32,34). The molecule has 0 aliphatic carbocycles. The second-order valence-electron chi connectivity index (χ2n) is 9.61. The van der Waals surface area contributed by atoms with Gasteiger partial charge in [-0.1, -0.05) is 29.4 Å². The van der Waals surface area contributed by atoms with Crippen LogP contribution in [0.4, 0.5) is 19.1 Å². The number of carbonyl (C=O) groups excluding carboxylic acids is 1. The molecule has 41 heavy (non-hydrogen) atoms. The number of hydrogen-bond acceptors (Lipinski definition) is 9. The minimum atomic E-state index is -4.63. The van der Waals surface area contributed by atoms with Gasteiger partial charge in [0.05, 0.1) is 26.0 Å². The molecule has 10 nitrogen and oxygen atoms in total. The number of fused-ring (bicyclic) bond motifs is 1. The van der Waals surface area contributed by atoms with Crippen molar-refractivity contribution in [3.8, 4) is 22.6 Å². The Morgan fingerprint density at radius 1 is 0.976 bits per heavy atom. The molecule has 4 aromatic rings. The lowest BCUT2D eigenvalue weighted by Crippen LogP contribution is -2.36. The topological polar surface area (TPSA) is 130 Å². The molecule has 1 N–H and O–H groups in total. The SMILES string of the molecule is COc1cc2cc(-c3ccc(C(OS(C)(=O)=O)C(=O)Nc4cc(C(C)(C)C(F)(F)F)no4)cc3)cnc2cc1OC. The normalized spacial score (nSPS) is 13.2. The minimum absolute atomic E-state index is 0.159. The molecule has 0 bridgehead atoms.